The Morgan fingerprint density at radius 3 is 2.27 bits per heavy atom. The monoisotopic (exact) mass is 212 g/mol. The summed E-state index contributed by atoms with van der Waals surface area (Å²) in [7, 11) is 0. The van der Waals surface area contributed by atoms with Crippen LogP contribution in [0.1, 0.15) is 60.3 Å². The average molecular weight is 212 g/mol. The van der Waals surface area contributed by atoms with Gasteiger partial charge < -0.3 is 5.11 Å². The van der Waals surface area contributed by atoms with Gasteiger partial charge in [0, 0.05) is 0 Å². The zero-order valence-electron chi connectivity index (χ0n) is 11.1. The minimum absolute atomic E-state index is 0.174. The second kappa shape index (κ2) is 7.05. The van der Waals surface area contributed by atoms with Crippen molar-refractivity contribution in [2.75, 3.05) is 0 Å². The molecule has 1 heteroatoms. The molecular weight excluding hydrogens is 184 g/mol. The fourth-order valence-electron chi connectivity index (χ4n) is 1.43. The van der Waals surface area contributed by atoms with Gasteiger partial charge >= 0.3 is 0 Å². The Morgan fingerprint density at radius 1 is 1.20 bits per heavy atom. The molecule has 0 aromatic heterocycles. The molecule has 2 atom stereocenters. The molecule has 0 bridgehead atoms. The third-order valence-electron chi connectivity index (χ3n) is 3.19. The SMILES string of the molecule is CCCCCC=CC(O)C(C)C(C)(C)C. The van der Waals surface area contributed by atoms with Gasteiger partial charge in [0.15, 0.2) is 0 Å². The predicted octanol–water partition coefficient (Wildman–Crippen LogP) is 4.17. The molecule has 0 aliphatic rings. The summed E-state index contributed by atoms with van der Waals surface area (Å²) in [5.74, 6) is 0.305. The van der Waals surface area contributed by atoms with Gasteiger partial charge in [0.25, 0.3) is 0 Å². The van der Waals surface area contributed by atoms with E-state index in [-0.39, 0.29) is 11.5 Å². The minimum atomic E-state index is -0.299. The summed E-state index contributed by atoms with van der Waals surface area (Å²) in [6, 6.07) is 0. The van der Waals surface area contributed by atoms with E-state index in [1.54, 1.807) is 0 Å². The summed E-state index contributed by atoms with van der Waals surface area (Å²) >= 11 is 0. The molecule has 0 aliphatic carbocycles. The lowest BCUT2D eigenvalue weighted by atomic mass is 9.78. The summed E-state index contributed by atoms with van der Waals surface area (Å²) < 4.78 is 0. The Labute approximate surface area is 95.6 Å². The van der Waals surface area contributed by atoms with Crippen LogP contribution in [0.4, 0.5) is 0 Å². The van der Waals surface area contributed by atoms with Gasteiger partial charge in [0.2, 0.25) is 0 Å². The lowest BCUT2D eigenvalue weighted by molar-refractivity contribution is 0.0892. The number of unbranched alkanes of at least 4 members (excludes halogenated alkanes) is 3. The Bertz CT molecular complexity index is 176. The van der Waals surface area contributed by atoms with E-state index in [0.717, 1.165) is 6.42 Å². The number of allylic oxidation sites excluding steroid dienone is 1. The lowest BCUT2D eigenvalue weighted by Gasteiger charge is -2.29. The number of aliphatic hydroxyl groups excluding tert-OH is 1. The molecule has 0 saturated heterocycles. The molecular formula is C14H28O. The van der Waals surface area contributed by atoms with Crippen LogP contribution >= 0.6 is 0 Å². The van der Waals surface area contributed by atoms with Gasteiger partial charge in [-0.1, -0.05) is 59.6 Å². The second-order valence-electron chi connectivity index (χ2n) is 5.57. The molecule has 0 radical (unpaired) electrons. The van der Waals surface area contributed by atoms with Crippen LogP contribution in [0, 0.1) is 11.3 Å². The first-order valence-corrected chi connectivity index (χ1v) is 6.24. The molecule has 1 nitrogen and oxygen atoms in total. The van der Waals surface area contributed by atoms with E-state index in [9.17, 15) is 5.11 Å². The summed E-state index contributed by atoms with van der Waals surface area (Å²) in [6.45, 7) is 10.8. The zero-order chi connectivity index (χ0) is 11.9. The summed E-state index contributed by atoms with van der Waals surface area (Å²) in [5.41, 5.74) is 0.174. The molecule has 0 spiro atoms. The summed E-state index contributed by atoms with van der Waals surface area (Å²) in [4.78, 5) is 0. The van der Waals surface area contributed by atoms with Crippen LogP contribution in [0.5, 0.6) is 0 Å². The molecule has 0 aromatic carbocycles. The van der Waals surface area contributed by atoms with Crippen molar-refractivity contribution in [1.29, 1.82) is 0 Å². The van der Waals surface area contributed by atoms with E-state index in [0.29, 0.717) is 5.92 Å². The van der Waals surface area contributed by atoms with Gasteiger partial charge in [-0.25, -0.2) is 0 Å². The lowest BCUT2D eigenvalue weighted by Crippen LogP contribution is -2.28. The zero-order valence-corrected chi connectivity index (χ0v) is 11.1. The highest BCUT2D eigenvalue weighted by Crippen LogP contribution is 2.28. The molecule has 0 amide bonds. The maximum absolute atomic E-state index is 9.92. The van der Waals surface area contributed by atoms with Crippen molar-refractivity contribution in [2.24, 2.45) is 11.3 Å². The number of hydrogen-bond acceptors (Lipinski definition) is 1. The third kappa shape index (κ3) is 6.72. The first-order chi connectivity index (χ1) is 6.89. The molecule has 0 rings (SSSR count). The largest absolute Gasteiger partial charge is 0.389 e. The van der Waals surface area contributed by atoms with Gasteiger partial charge in [-0.15, -0.1) is 0 Å². The highest BCUT2D eigenvalue weighted by atomic mass is 16.3. The summed E-state index contributed by atoms with van der Waals surface area (Å²) in [5, 5.41) is 9.92. The van der Waals surface area contributed by atoms with E-state index >= 15 is 0 Å². The van der Waals surface area contributed by atoms with E-state index in [2.05, 4.69) is 40.7 Å². The van der Waals surface area contributed by atoms with Crippen LogP contribution in [0.2, 0.25) is 0 Å². The summed E-state index contributed by atoms with van der Waals surface area (Å²) in [6.07, 6.45) is 8.68. The average Bonchev–Trinajstić information content (AvgIpc) is 2.14. The highest BCUT2D eigenvalue weighted by Gasteiger charge is 2.24. The van der Waals surface area contributed by atoms with Crippen molar-refractivity contribution in [2.45, 2.75) is 66.4 Å². The molecule has 0 fully saturated rings. The number of aliphatic hydroxyl groups is 1. The number of rotatable bonds is 6. The standard InChI is InChI=1S/C14H28O/c1-6-7-8-9-10-11-13(15)12(2)14(3,4)5/h10-13,15H,6-9H2,1-5H3. The fraction of sp³-hybridized carbons (Fsp3) is 0.857. The fourth-order valence-corrected chi connectivity index (χ4v) is 1.43. The van der Waals surface area contributed by atoms with Crippen LogP contribution in [0.3, 0.4) is 0 Å². The Balaban J connectivity index is 3.86. The molecule has 2 unspecified atom stereocenters. The smallest absolute Gasteiger partial charge is 0.0751 e. The number of hydrogen-bond donors (Lipinski definition) is 1. The maximum atomic E-state index is 9.92. The van der Waals surface area contributed by atoms with Crippen LogP contribution in [-0.4, -0.2) is 11.2 Å². The first-order valence-electron chi connectivity index (χ1n) is 6.24. The quantitative estimate of drug-likeness (QED) is 0.517. The Morgan fingerprint density at radius 2 is 1.80 bits per heavy atom. The maximum Gasteiger partial charge on any atom is 0.0751 e. The molecule has 0 heterocycles. The van der Waals surface area contributed by atoms with Crippen LogP contribution < -0.4 is 0 Å². The Hall–Kier alpha value is -0.300. The Kier molecular flexibility index (Phi) is 6.91. The van der Waals surface area contributed by atoms with Gasteiger partial charge in [-0.3, -0.25) is 0 Å². The van der Waals surface area contributed by atoms with Crippen molar-refractivity contribution in [3.63, 3.8) is 0 Å². The topological polar surface area (TPSA) is 20.2 Å². The van der Waals surface area contributed by atoms with Gasteiger partial charge in [-0.05, 0) is 24.2 Å². The third-order valence-corrected chi connectivity index (χ3v) is 3.19. The molecule has 90 valence electrons. The minimum Gasteiger partial charge on any atom is -0.389 e. The van der Waals surface area contributed by atoms with E-state index in [4.69, 9.17) is 0 Å². The molecule has 0 saturated carbocycles. The van der Waals surface area contributed by atoms with Crippen molar-refractivity contribution < 1.29 is 5.11 Å². The second-order valence-corrected chi connectivity index (χ2v) is 5.57. The molecule has 1 N–H and O–H groups in total. The van der Waals surface area contributed by atoms with Crippen molar-refractivity contribution in [1.82, 2.24) is 0 Å². The normalized spacial score (nSPS) is 16.9. The molecule has 0 aromatic rings. The highest BCUT2D eigenvalue weighted by molar-refractivity contribution is 4.93. The molecule has 0 aliphatic heterocycles. The van der Waals surface area contributed by atoms with Crippen LogP contribution in [0.15, 0.2) is 12.2 Å². The molecule has 15 heavy (non-hydrogen) atoms. The van der Waals surface area contributed by atoms with Crippen LogP contribution in [-0.2, 0) is 0 Å². The van der Waals surface area contributed by atoms with Crippen molar-refractivity contribution in [3.8, 4) is 0 Å². The van der Waals surface area contributed by atoms with Gasteiger partial charge in [0.05, 0.1) is 6.10 Å². The van der Waals surface area contributed by atoms with E-state index in [1.807, 2.05) is 6.08 Å². The van der Waals surface area contributed by atoms with Crippen molar-refractivity contribution in [3.05, 3.63) is 12.2 Å². The van der Waals surface area contributed by atoms with E-state index < -0.39 is 0 Å². The van der Waals surface area contributed by atoms with Gasteiger partial charge in [0.1, 0.15) is 0 Å². The van der Waals surface area contributed by atoms with Gasteiger partial charge in [-0.2, -0.15) is 0 Å². The van der Waals surface area contributed by atoms with Crippen molar-refractivity contribution >= 4 is 0 Å². The first kappa shape index (κ1) is 14.7. The predicted molar refractivity (Wildman–Crippen MR) is 67.9 cm³/mol. The van der Waals surface area contributed by atoms with Crippen LogP contribution in [0.25, 0.3) is 0 Å². The van der Waals surface area contributed by atoms with E-state index in [1.165, 1.54) is 19.3 Å².